The molecule has 2 aromatic rings. The van der Waals surface area contributed by atoms with Gasteiger partial charge >= 0.3 is 0 Å². The van der Waals surface area contributed by atoms with Crippen molar-refractivity contribution < 1.29 is 9.47 Å². The van der Waals surface area contributed by atoms with E-state index in [1.807, 2.05) is 48.5 Å². The van der Waals surface area contributed by atoms with E-state index < -0.39 is 0 Å². The second-order valence-corrected chi connectivity index (χ2v) is 5.30. The third-order valence-electron chi connectivity index (χ3n) is 2.83. The van der Waals surface area contributed by atoms with Crippen LogP contribution in [0.4, 0.5) is 0 Å². The summed E-state index contributed by atoms with van der Waals surface area (Å²) in [6.07, 6.45) is 0. The number of hydrogen-bond donors (Lipinski definition) is 0. The molecule has 0 N–H and O–H groups in total. The van der Waals surface area contributed by atoms with E-state index in [9.17, 15) is 0 Å². The highest BCUT2D eigenvalue weighted by molar-refractivity contribution is 9.08. The number of alkyl halides is 2. The van der Waals surface area contributed by atoms with Gasteiger partial charge in [0.25, 0.3) is 0 Å². The van der Waals surface area contributed by atoms with Gasteiger partial charge in [-0.2, -0.15) is 0 Å². The highest BCUT2D eigenvalue weighted by atomic mass is 79.9. The topological polar surface area (TPSA) is 18.5 Å². The molecule has 4 heteroatoms. The molecular weight excluding hydrogens is 384 g/mol. The first-order valence-corrected chi connectivity index (χ1v) is 8.62. The van der Waals surface area contributed by atoms with Gasteiger partial charge in [-0.15, -0.1) is 0 Å². The highest BCUT2D eigenvalue weighted by Gasteiger charge is 2.03. The standard InChI is InChI=1S/C16H16Br2O2/c17-11-13-5-1-3-7-15(13)19-9-10-20-16-8-4-2-6-14(16)12-18/h1-8H,9-12H2. The Kier molecular flexibility index (Phi) is 6.40. The fourth-order valence-electron chi connectivity index (χ4n) is 1.81. The number of benzene rings is 2. The molecular formula is C16H16Br2O2. The Labute approximate surface area is 136 Å². The number of halogens is 2. The quantitative estimate of drug-likeness (QED) is 0.485. The zero-order valence-corrected chi connectivity index (χ0v) is 14.2. The van der Waals surface area contributed by atoms with Gasteiger partial charge < -0.3 is 9.47 Å². The Hall–Kier alpha value is -1.000. The fourth-order valence-corrected chi connectivity index (χ4v) is 2.74. The first kappa shape index (κ1) is 15.4. The van der Waals surface area contributed by atoms with Crippen LogP contribution >= 0.6 is 31.9 Å². The van der Waals surface area contributed by atoms with E-state index in [0.29, 0.717) is 13.2 Å². The van der Waals surface area contributed by atoms with Crippen LogP contribution in [0.1, 0.15) is 11.1 Å². The summed E-state index contributed by atoms with van der Waals surface area (Å²) in [4.78, 5) is 0. The van der Waals surface area contributed by atoms with Crippen molar-refractivity contribution in [1.29, 1.82) is 0 Å². The maximum Gasteiger partial charge on any atom is 0.123 e. The zero-order chi connectivity index (χ0) is 14.2. The Balaban J connectivity index is 1.84. The summed E-state index contributed by atoms with van der Waals surface area (Å²) in [6.45, 7) is 1.06. The lowest BCUT2D eigenvalue weighted by atomic mass is 10.2. The van der Waals surface area contributed by atoms with Gasteiger partial charge in [0.1, 0.15) is 24.7 Å². The molecule has 0 fully saturated rings. The first-order chi connectivity index (χ1) is 9.85. The molecule has 0 radical (unpaired) electrons. The molecule has 0 saturated heterocycles. The minimum absolute atomic E-state index is 0.528. The van der Waals surface area contributed by atoms with Crippen molar-refractivity contribution in [1.82, 2.24) is 0 Å². The maximum absolute atomic E-state index is 5.76. The van der Waals surface area contributed by atoms with Crippen LogP contribution < -0.4 is 9.47 Å². The molecule has 0 aromatic heterocycles. The van der Waals surface area contributed by atoms with Gasteiger partial charge in [-0.05, 0) is 12.1 Å². The Morgan fingerprint density at radius 2 is 1.05 bits per heavy atom. The van der Waals surface area contributed by atoms with Crippen LogP contribution in [0.5, 0.6) is 11.5 Å². The average molecular weight is 400 g/mol. The van der Waals surface area contributed by atoms with E-state index in [-0.39, 0.29) is 0 Å². The van der Waals surface area contributed by atoms with Crippen LogP contribution in [0.15, 0.2) is 48.5 Å². The summed E-state index contributed by atoms with van der Waals surface area (Å²) in [5, 5.41) is 1.58. The summed E-state index contributed by atoms with van der Waals surface area (Å²) >= 11 is 6.91. The van der Waals surface area contributed by atoms with Crippen LogP contribution in [0.3, 0.4) is 0 Å². The highest BCUT2D eigenvalue weighted by Crippen LogP contribution is 2.22. The van der Waals surface area contributed by atoms with Gasteiger partial charge in [0, 0.05) is 21.8 Å². The molecule has 0 heterocycles. The fraction of sp³-hybridized carbons (Fsp3) is 0.250. The lowest BCUT2D eigenvalue weighted by Gasteiger charge is -2.12. The van der Waals surface area contributed by atoms with Gasteiger partial charge in [-0.25, -0.2) is 0 Å². The van der Waals surface area contributed by atoms with Crippen molar-refractivity contribution in [3.8, 4) is 11.5 Å². The molecule has 2 aromatic carbocycles. The van der Waals surface area contributed by atoms with Crippen LogP contribution in [-0.2, 0) is 10.7 Å². The number of ether oxygens (including phenoxy) is 2. The summed E-state index contributed by atoms with van der Waals surface area (Å²) in [7, 11) is 0. The molecule has 0 aliphatic heterocycles. The SMILES string of the molecule is BrCc1ccccc1OCCOc1ccccc1CBr. The molecule has 0 amide bonds. The van der Waals surface area contributed by atoms with Crippen molar-refractivity contribution in [2.75, 3.05) is 13.2 Å². The number of hydrogen-bond acceptors (Lipinski definition) is 2. The van der Waals surface area contributed by atoms with Crippen molar-refractivity contribution in [3.05, 3.63) is 59.7 Å². The van der Waals surface area contributed by atoms with Gasteiger partial charge in [-0.3, -0.25) is 0 Å². The van der Waals surface area contributed by atoms with E-state index in [4.69, 9.17) is 9.47 Å². The average Bonchev–Trinajstić information content (AvgIpc) is 2.52. The van der Waals surface area contributed by atoms with Crippen LogP contribution in [-0.4, -0.2) is 13.2 Å². The van der Waals surface area contributed by atoms with E-state index in [1.165, 1.54) is 0 Å². The third-order valence-corrected chi connectivity index (χ3v) is 4.04. The molecule has 2 nitrogen and oxygen atoms in total. The molecule has 0 atom stereocenters. The van der Waals surface area contributed by atoms with Gasteiger partial charge in [0.15, 0.2) is 0 Å². The second kappa shape index (κ2) is 8.32. The Morgan fingerprint density at radius 3 is 1.45 bits per heavy atom. The molecule has 0 saturated carbocycles. The van der Waals surface area contributed by atoms with Gasteiger partial charge in [0.2, 0.25) is 0 Å². The lowest BCUT2D eigenvalue weighted by molar-refractivity contribution is 0.215. The zero-order valence-electron chi connectivity index (χ0n) is 11.0. The van der Waals surface area contributed by atoms with E-state index >= 15 is 0 Å². The summed E-state index contributed by atoms with van der Waals surface area (Å²) in [6, 6.07) is 16.0. The van der Waals surface area contributed by atoms with Crippen LogP contribution in [0.2, 0.25) is 0 Å². The Morgan fingerprint density at radius 1 is 0.650 bits per heavy atom. The Bertz CT molecular complexity index is 494. The first-order valence-electron chi connectivity index (χ1n) is 6.38. The monoisotopic (exact) mass is 398 g/mol. The van der Waals surface area contributed by atoms with Gasteiger partial charge in [-0.1, -0.05) is 68.3 Å². The molecule has 0 aliphatic carbocycles. The predicted octanol–water partition coefficient (Wildman–Crippen LogP) is 4.93. The molecule has 2 rings (SSSR count). The third kappa shape index (κ3) is 4.25. The van der Waals surface area contributed by atoms with Crippen molar-refractivity contribution in [2.45, 2.75) is 10.7 Å². The molecule has 0 aliphatic rings. The van der Waals surface area contributed by atoms with Gasteiger partial charge in [0.05, 0.1) is 0 Å². The molecule has 20 heavy (non-hydrogen) atoms. The normalized spacial score (nSPS) is 10.3. The molecule has 0 bridgehead atoms. The summed E-state index contributed by atoms with van der Waals surface area (Å²) in [5.41, 5.74) is 2.29. The molecule has 106 valence electrons. The van der Waals surface area contributed by atoms with Crippen LogP contribution in [0.25, 0.3) is 0 Å². The number of rotatable bonds is 7. The van der Waals surface area contributed by atoms with Crippen molar-refractivity contribution in [3.63, 3.8) is 0 Å². The van der Waals surface area contributed by atoms with Crippen LogP contribution in [0, 0.1) is 0 Å². The smallest absolute Gasteiger partial charge is 0.123 e. The maximum atomic E-state index is 5.76. The molecule has 0 unspecified atom stereocenters. The number of para-hydroxylation sites is 2. The lowest BCUT2D eigenvalue weighted by Crippen LogP contribution is -2.10. The van der Waals surface area contributed by atoms with Crippen molar-refractivity contribution >= 4 is 31.9 Å². The minimum atomic E-state index is 0.528. The minimum Gasteiger partial charge on any atom is -0.490 e. The molecule has 0 spiro atoms. The largest absolute Gasteiger partial charge is 0.490 e. The second-order valence-electron chi connectivity index (χ2n) is 4.18. The van der Waals surface area contributed by atoms with Crippen molar-refractivity contribution in [2.24, 2.45) is 0 Å². The van der Waals surface area contributed by atoms with E-state index in [2.05, 4.69) is 31.9 Å². The summed E-state index contributed by atoms with van der Waals surface area (Å²) in [5.74, 6) is 1.81. The predicted molar refractivity (Wildman–Crippen MR) is 89.1 cm³/mol. The summed E-state index contributed by atoms with van der Waals surface area (Å²) < 4.78 is 11.5. The van der Waals surface area contributed by atoms with E-state index in [1.54, 1.807) is 0 Å². The van der Waals surface area contributed by atoms with E-state index in [0.717, 1.165) is 33.3 Å².